The smallest absolute Gasteiger partial charge is 0.0935 e. The van der Waals surface area contributed by atoms with E-state index in [9.17, 15) is 0 Å². The predicted molar refractivity (Wildman–Crippen MR) is 68.4 cm³/mol. The van der Waals surface area contributed by atoms with Crippen molar-refractivity contribution in [1.82, 2.24) is 5.43 Å². The second-order valence-electron chi connectivity index (χ2n) is 4.48. The maximum atomic E-state index is 5.64. The Bertz CT molecular complexity index is 457. The zero-order chi connectivity index (χ0) is 12.3. The molecule has 0 saturated carbocycles. The Kier molecular flexibility index (Phi) is 3.61. The highest BCUT2D eigenvalue weighted by Gasteiger charge is 2.11. The fourth-order valence-electron chi connectivity index (χ4n) is 2.13. The number of rotatable bonds is 4. The van der Waals surface area contributed by atoms with Crippen LogP contribution in [0.5, 0.6) is 0 Å². The molecule has 0 saturated heterocycles. The van der Waals surface area contributed by atoms with Crippen LogP contribution < -0.4 is 11.3 Å². The fraction of sp³-hybridized carbons (Fsp3) is 0.286. The van der Waals surface area contributed by atoms with E-state index >= 15 is 0 Å². The van der Waals surface area contributed by atoms with Gasteiger partial charge >= 0.3 is 0 Å². The molecule has 3 heteroatoms. The maximum Gasteiger partial charge on any atom is 0.0935 e. The van der Waals surface area contributed by atoms with E-state index in [0.717, 1.165) is 12.0 Å². The molecule has 1 aromatic heterocycles. The first-order valence-electron chi connectivity index (χ1n) is 5.74. The lowest BCUT2D eigenvalue weighted by atomic mass is 9.97. The number of nitrogens with two attached hydrogens (primary N) is 1. The molecule has 0 radical (unpaired) electrons. The Hall–Kier alpha value is -1.58. The van der Waals surface area contributed by atoms with Crippen molar-refractivity contribution in [3.63, 3.8) is 0 Å². The Morgan fingerprint density at radius 3 is 2.47 bits per heavy atom. The van der Waals surface area contributed by atoms with Gasteiger partial charge in [0.25, 0.3) is 0 Å². The lowest BCUT2D eigenvalue weighted by molar-refractivity contribution is 0.535. The van der Waals surface area contributed by atoms with Crippen LogP contribution in [-0.4, -0.2) is 0 Å². The van der Waals surface area contributed by atoms with E-state index in [1.807, 2.05) is 6.07 Å². The summed E-state index contributed by atoms with van der Waals surface area (Å²) < 4.78 is 5.07. The summed E-state index contributed by atoms with van der Waals surface area (Å²) in [6.45, 7) is 4.20. The summed E-state index contributed by atoms with van der Waals surface area (Å²) in [7, 11) is 0. The third-order valence-corrected chi connectivity index (χ3v) is 2.87. The van der Waals surface area contributed by atoms with Crippen molar-refractivity contribution in [3.05, 3.63) is 59.0 Å². The van der Waals surface area contributed by atoms with E-state index in [0.29, 0.717) is 0 Å². The van der Waals surface area contributed by atoms with Crippen molar-refractivity contribution in [2.45, 2.75) is 26.3 Å². The van der Waals surface area contributed by atoms with Gasteiger partial charge in [0.05, 0.1) is 18.6 Å². The van der Waals surface area contributed by atoms with E-state index in [1.165, 1.54) is 16.7 Å². The van der Waals surface area contributed by atoms with Crippen LogP contribution >= 0.6 is 0 Å². The molecule has 3 N–H and O–H groups in total. The standard InChI is InChI=1S/C14H18N2O/c1-10-5-11(2)7-13(6-10)14(16-15)8-12-3-4-17-9-12/h3-7,9,14,16H,8,15H2,1-2H3. The number of aryl methyl sites for hydroxylation is 2. The number of nitrogens with one attached hydrogen (secondary N) is 1. The molecule has 0 aliphatic carbocycles. The van der Waals surface area contributed by atoms with Gasteiger partial charge in [-0.15, -0.1) is 0 Å². The van der Waals surface area contributed by atoms with Crippen molar-refractivity contribution >= 4 is 0 Å². The number of furan rings is 1. The SMILES string of the molecule is Cc1cc(C)cc(C(Cc2ccoc2)NN)c1. The average Bonchev–Trinajstić information content (AvgIpc) is 2.77. The lowest BCUT2D eigenvalue weighted by Gasteiger charge is -2.16. The maximum absolute atomic E-state index is 5.64. The molecule has 2 aromatic rings. The largest absolute Gasteiger partial charge is 0.472 e. The minimum atomic E-state index is 0.117. The summed E-state index contributed by atoms with van der Waals surface area (Å²) in [4.78, 5) is 0. The van der Waals surface area contributed by atoms with Crippen molar-refractivity contribution in [2.24, 2.45) is 5.84 Å². The normalized spacial score (nSPS) is 12.6. The van der Waals surface area contributed by atoms with Crippen LogP contribution in [0.2, 0.25) is 0 Å². The highest BCUT2D eigenvalue weighted by molar-refractivity contribution is 5.31. The Labute approximate surface area is 102 Å². The first-order valence-corrected chi connectivity index (χ1v) is 5.74. The molecule has 0 fully saturated rings. The molecule has 90 valence electrons. The second-order valence-corrected chi connectivity index (χ2v) is 4.48. The Morgan fingerprint density at radius 2 is 1.94 bits per heavy atom. The van der Waals surface area contributed by atoms with Crippen LogP contribution in [0.25, 0.3) is 0 Å². The molecule has 1 unspecified atom stereocenters. The number of hydrazine groups is 1. The van der Waals surface area contributed by atoms with Gasteiger partial charge < -0.3 is 4.42 Å². The number of hydrogen-bond acceptors (Lipinski definition) is 3. The molecular formula is C14H18N2O. The molecule has 1 heterocycles. The first kappa shape index (κ1) is 11.9. The molecular weight excluding hydrogens is 212 g/mol. The van der Waals surface area contributed by atoms with E-state index < -0.39 is 0 Å². The number of benzene rings is 1. The molecule has 1 atom stereocenters. The van der Waals surface area contributed by atoms with Crippen LogP contribution in [0.1, 0.15) is 28.3 Å². The molecule has 0 aliphatic rings. The average molecular weight is 230 g/mol. The highest BCUT2D eigenvalue weighted by Crippen LogP contribution is 2.20. The molecule has 0 bridgehead atoms. The predicted octanol–water partition coefficient (Wildman–Crippen LogP) is 2.64. The fourth-order valence-corrected chi connectivity index (χ4v) is 2.13. The molecule has 1 aromatic carbocycles. The molecule has 2 rings (SSSR count). The van der Waals surface area contributed by atoms with Crippen molar-refractivity contribution in [2.75, 3.05) is 0 Å². The van der Waals surface area contributed by atoms with Gasteiger partial charge in [-0.25, -0.2) is 0 Å². The zero-order valence-corrected chi connectivity index (χ0v) is 10.2. The summed E-state index contributed by atoms with van der Waals surface area (Å²) in [5, 5.41) is 0. The van der Waals surface area contributed by atoms with E-state index in [4.69, 9.17) is 10.3 Å². The van der Waals surface area contributed by atoms with E-state index in [-0.39, 0.29) is 6.04 Å². The molecule has 0 spiro atoms. The van der Waals surface area contributed by atoms with Gasteiger partial charge in [0.1, 0.15) is 0 Å². The van der Waals surface area contributed by atoms with E-state index in [2.05, 4.69) is 37.5 Å². The van der Waals surface area contributed by atoms with Crippen LogP contribution in [0.3, 0.4) is 0 Å². The van der Waals surface area contributed by atoms with E-state index in [1.54, 1.807) is 12.5 Å². The van der Waals surface area contributed by atoms with Gasteiger partial charge in [-0.2, -0.15) is 0 Å². The Balaban J connectivity index is 2.22. The number of hydrogen-bond donors (Lipinski definition) is 2. The lowest BCUT2D eigenvalue weighted by Crippen LogP contribution is -2.29. The molecule has 3 nitrogen and oxygen atoms in total. The minimum absolute atomic E-state index is 0.117. The summed E-state index contributed by atoms with van der Waals surface area (Å²) in [6.07, 6.45) is 4.27. The quantitative estimate of drug-likeness (QED) is 0.627. The van der Waals surface area contributed by atoms with Gasteiger partial charge in [-0.05, 0) is 37.5 Å². The van der Waals surface area contributed by atoms with Crippen molar-refractivity contribution in [3.8, 4) is 0 Å². The van der Waals surface area contributed by atoms with Gasteiger partial charge in [0, 0.05) is 0 Å². The summed E-state index contributed by atoms with van der Waals surface area (Å²) in [6, 6.07) is 8.57. The molecule has 0 amide bonds. The van der Waals surface area contributed by atoms with Crippen molar-refractivity contribution < 1.29 is 4.42 Å². The molecule has 0 aliphatic heterocycles. The minimum Gasteiger partial charge on any atom is -0.472 e. The van der Waals surface area contributed by atoms with Crippen LogP contribution in [0.4, 0.5) is 0 Å². The summed E-state index contributed by atoms with van der Waals surface area (Å²) in [5.74, 6) is 5.64. The van der Waals surface area contributed by atoms with Gasteiger partial charge in [-0.1, -0.05) is 29.3 Å². The van der Waals surface area contributed by atoms with Crippen LogP contribution in [0.15, 0.2) is 41.2 Å². The summed E-state index contributed by atoms with van der Waals surface area (Å²) >= 11 is 0. The monoisotopic (exact) mass is 230 g/mol. The van der Waals surface area contributed by atoms with Gasteiger partial charge in [0.2, 0.25) is 0 Å². The Morgan fingerprint density at radius 1 is 1.24 bits per heavy atom. The third kappa shape index (κ3) is 2.96. The third-order valence-electron chi connectivity index (χ3n) is 2.87. The molecule has 17 heavy (non-hydrogen) atoms. The highest BCUT2D eigenvalue weighted by atomic mass is 16.3. The van der Waals surface area contributed by atoms with Crippen LogP contribution in [0, 0.1) is 13.8 Å². The zero-order valence-electron chi connectivity index (χ0n) is 10.2. The summed E-state index contributed by atoms with van der Waals surface area (Å²) in [5.41, 5.74) is 7.74. The van der Waals surface area contributed by atoms with Gasteiger partial charge in [0.15, 0.2) is 0 Å². The topological polar surface area (TPSA) is 51.2 Å². The van der Waals surface area contributed by atoms with Crippen molar-refractivity contribution in [1.29, 1.82) is 0 Å². The first-order chi connectivity index (χ1) is 8.19. The van der Waals surface area contributed by atoms with Gasteiger partial charge in [-0.3, -0.25) is 11.3 Å². The second kappa shape index (κ2) is 5.17. The van der Waals surface area contributed by atoms with Crippen LogP contribution in [-0.2, 0) is 6.42 Å².